The number of aliphatic hydroxyl groups is 7. The molecule has 0 radical (unpaired) electrons. The van der Waals surface area contributed by atoms with Crippen LogP contribution in [0.15, 0.2) is 0 Å². The SMILES string of the molecule is NC1C[C@@H](N)[C@@H](O)C(O)[C@@H]1O[C@@]1(N)OC(CO)[C@@H](O)C(O[C@@H]2O[C@H](CO)[C@H](O)C2O)[C@@H]1N. The summed E-state index contributed by atoms with van der Waals surface area (Å²) in [6, 6.07) is -3.16. The molecule has 0 aromatic carbocycles. The van der Waals surface area contributed by atoms with Crippen LogP contribution in [-0.2, 0) is 18.9 Å². The summed E-state index contributed by atoms with van der Waals surface area (Å²) in [6.45, 7) is -1.34. The van der Waals surface area contributed by atoms with Crippen molar-refractivity contribution in [3.63, 3.8) is 0 Å². The van der Waals surface area contributed by atoms with E-state index in [1.54, 1.807) is 0 Å². The van der Waals surface area contributed by atoms with Gasteiger partial charge in [0.15, 0.2) is 6.29 Å². The minimum absolute atomic E-state index is 0.0860. The fraction of sp³-hybridized carbons (Fsp3) is 1.00. The van der Waals surface area contributed by atoms with Crippen LogP contribution in [0.3, 0.4) is 0 Å². The lowest BCUT2D eigenvalue weighted by molar-refractivity contribution is -0.367. The normalized spacial score (nSPS) is 54.7. The van der Waals surface area contributed by atoms with E-state index in [1.165, 1.54) is 0 Å². The molecule has 15 heteroatoms. The van der Waals surface area contributed by atoms with Gasteiger partial charge in [-0.15, -0.1) is 0 Å². The van der Waals surface area contributed by atoms with Crippen molar-refractivity contribution in [2.75, 3.05) is 13.2 Å². The van der Waals surface area contributed by atoms with Crippen LogP contribution in [-0.4, -0.2) is 134 Å². The van der Waals surface area contributed by atoms with Crippen LogP contribution in [0.25, 0.3) is 0 Å². The van der Waals surface area contributed by atoms with E-state index in [4.69, 9.17) is 41.9 Å². The largest absolute Gasteiger partial charge is 0.394 e. The molecule has 14 atom stereocenters. The van der Waals surface area contributed by atoms with Crippen molar-refractivity contribution in [1.29, 1.82) is 0 Å². The first-order valence-electron chi connectivity index (χ1n) is 10.3. The van der Waals surface area contributed by atoms with E-state index in [1.807, 2.05) is 0 Å². The van der Waals surface area contributed by atoms with Crippen molar-refractivity contribution in [2.24, 2.45) is 22.9 Å². The molecular formula is C17H34N4O11. The Balaban J connectivity index is 1.81. The Morgan fingerprint density at radius 3 is 1.97 bits per heavy atom. The average Bonchev–Trinajstić information content (AvgIpc) is 3.03. The second kappa shape index (κ2) is 9.95. The van der Waals surface area contributed by atoms with Crippen LogP contribution in [0.5, 0.6) is 0 Å². The molecule has 3 fully saturated rings. The smallest absolute Gasteiger partial charge is 0.244 e. The molecule has 15 N–H and O–H groups in total. The third kappa shape index (κ3) is 4.65. The summed E-state index contributed by atoms with van der Waals surface area (Å²) in [5.74, 6) is -2.28. The third-order valence-electron chi connectivity index (χ3n) is 6.25. The van der Waals surface area contributed by atoms with Crippen molar-refractivity contribution >= 4 is 0 Å². The van der Waals surface area contributed by atoms with Crippen LogP contribution >= 0.6 is 0 Å². The van der Waals surface area contributed by atoms with Crippen LogP contribution < -0.4 is 22.9 Å². The van der Waals surface area contributed by atoms with E-state index in [9.17, 15) is 35.7 Å². The third-order valence-corrected chi connectivity index (χ3v) is 6.25. The summed E-state index contributed by atoms with van der Waals surface area (Å²) in [5, 5.41) is 70.0. The maximum absolute atomic E-state index is 10.6. The highest BCUT2D eigenvalue weighted by molar-refractivity contribution is 5.03. The molecule has 0 bridgehead atoms. The van der Waals surface area contributed by atoms with Gasteiger partial charge in [-0.2, -0.15) is 0 Å². The highest BCUT2D eigenvalue weighted by atomic mass is 16.8. The summed E-state index contributed by atoms with van der Waals surface area (Å²) in [7, 11) is 0. The fourth-order valence-electron chi connectivity index (χ4n) is 4.25. The highest BCUT2D eigenvalue weighted by Gasteiger charge is 2.57. The first-order chi connectivity index (χ1) is 14.9. The lowest BCUT2D eigenvalue weighted by atomic mass is 9.84. The van der Waals surface area contributed by atoms with Gasteiger partial charge in [0.25, 0.3) is 0 Å². The molecule has 2 heterocycles. The van der Waals surface area contributed by atoms with E-state index >= 15 is 0 Å². The number of nitrogens with two attached hydrogens (primary N) is 4. The van der Waals surface area contributed by atoms with Crippen LogP contribution in [0.1, 0.15) is 6.42 Å². The summed E-state index contributed by atoms with van der Waals surface area (Å²) >= 11 is 0. The van der Waals surface area contributed by atoms with Gasteiger partial charge in [0.05, 0.1) is 19.3 Å². The van der Waals surface area contributed by atoms with Crippen LogP contribution in [0.2, 0.25) is 0 Å². The Labute approximate surface area is 183 Å². The summed E-state index contributed by atoms with van der Waals surface area (Å²) in [6.07, 6.45) is -14.2. The number of ether oxygens (including phenoxy) is 4. The van der Waals surface area contributed by atoms with Gasteiger partial charge in [-0.25, -0.2) is 0 Å². The second-order valence-electron chi connectivity index (χ2n) is 8.51. The molecule has 1 aliphatic carbocycles. The van der Waals surface area contributed by atoms with Gasteiger partial charge in [0.2, 0.25) is 5.91 Å². The summed E-state index contributed by atoms with van der Waals surface area (Å²) < 4.78 is 22.0. The van der Waals surface area contributed by atoms with E-state index in [2.05, 4.69) is 0 Å². The zero-order valence-corrected chi connectivity index (χ0v) is 17.2. The molecule has 0 aromatic heterocycles. The summed E-state index contributed by atoms with van der Waals surface area (Å²) in [5.41, 5.74) is 24.1. The molecule has 15 nitrogen and oxygen atoms in total. The first-order valence-corrected chi connectivity index (χ1v) is 10.3. The predicted molar refractivity (Wildman–Crippen MR) is 103 cm³/mol. The molecule has 1 saturated carbocycles. The maximum atomic E-state index is 10.6. The minimum atomic E-state index is -2.28. The second-order valence-corrected chi connectivity index (χ2v) is 8.51. The van der Waals surface area contributed by atoms with Gasteiger partial charge in [-0.05, 0) is 6.42 Å². The Kier molecular flexibility index (Phi) is 8.08. The fourth-order valence-corrected chi connectivity index (χ4v) is 4.25. The molecular weight excluding hydrogens is 436 g/mol. The van der Waals surface area contributed by atoms with Crippen LogP contribution in [0, 0.1) is 0 Å². The van der Waals surface area contributed by atoms with Gasteiger partial charge in [-0.1, -0.05) is 0 Å². The predicted octanol–water partition coefficient (Wildman–Crippen LogP) is -7.33. The number of hydrogen-bond donors (Lipinski definition) is 11. The van der Waals surface area contributed by atoms with Crippen molar-refractivity contribution in [1.82, 2.24) is 0 Å². The van der Waals surface area contributed by atoms with Gasteiger partial charge in [0, 0.05) is 12.1 Å². The Bertz CT molecular complexity index is 637. The van der Waals surface area contributed by atoms with E-state index in [0.717, 1.165) is 0 Å². The maximum Gasteiger partial charge on any atom is 0.244 e. The zero-order chi connectivity index (χ0) is 24.0. The lowest BCUT2D eigenvalue weighted by Gasteiger charge is -2.51. The first kappa shape index (κ1) is 26.0. The molecule has 2 saturated heterocycles. The average molecular weight is 470 g/mol. The quantitative estimate of drug-likeness (QED) is 0.161. The highest BCUT2D eigenvalue weighted by Crippen LogP contribution is 2.34. The monoisotopic (exact) mass is 470 g/mol. The van der Waals surface area contributed by atoms with Gasteiger partial charge < -0.3 is 71.9 Å². The molecule has 2 aliphatic heterocycles. The molecule has 3 aliphatic rings. The van der Waals surface area contributed by atoms with Crippen molar-refractivity contribution in [2.45, 2.75) is 91.7 Å². The van der Waals surface area contributed by atoms with Gasteiger partial charge in [0.1, 0.15) is 54.9 Å². The number of aliphatic hydroxyl groups excluding tert-OH is 7. The van der Waals surface area contributed by atoms with Crippen molar-refractivity contribution in [3.05, 3.63) is 0 Å². The van der Waals surface area contributed by atoms with Gasteiger partial charge >= 0.3 is 0 Å². The molecule has 0 spiro atoms. The van der Waals surface area contributed by atoms with Crippen molar-refractivity contribution < 1.29 is 54.7 Å². The van der Waals surface area contributed by atoms with Gasteiger partial charge in [-0.3, -0.25) is 5.73 Å². The Morgan fingerprint density at radius 2 is 1.41 bits per heavy atom. The molecule has 5 unspecified atom stereocenters. The lowest BCUT2D eigenvalue weighted by Crippen LogP contribution is -2.76. The molecule has 188 valence electrons. The topological polar surface area (TPSA) is 283 Å². The molecule has 3 rings (SSSR count). The standard InChI is InChI=1S/C17H34N4O11/c18-4-1-5(19)13(11(27)8(4)24)32-17(21)15(20)14(10(26)7(3-23)31-17)30-16-12(28)9(25)6(2-22)29-16/h4-16,22-28H,1-3,18-21H2/t4-,5?,6-,7?,8-,9+,10-,11?,12?,13-,14?,15+,16+,17+/m1/s1. The van der Waals surface area contributed by atoms with E-state index in [0.29, 0.717) is 0 Å². The number of rotatable bonds is 6. The van der Waals surface area contributed by atoms with Crippen molar-refractivity contribution in [3.8, 4) is 0 Å². The van der Waals surface area contributed by atoms with E-state index < -0.39 is 98.5 Å². The summed E-state index contributed by atoms with van der Waals surface area (Å²) in [4.78, 5) is 0. The van der Waals surface area contributed by atoms with Crippen LogP contribution in [0.4, 0.5) is 0 Å². The Hall–Kier alpha value is -0.600. The zero-order valence-electron chi connectivity index (χ0n) is 17.2. The molecule has 0 aromatic rings. The Morgan fingerprint density at radius 1 is 0.781 bits per heavy atom. The minimum Gasteiger partial charge on any atom is -0.394 e. The molecule has 0 amide bonds. The molecule has 32 heavy (non-hydrogen) atoms. The van der Waals surface area contributed by atoms with E-state index in [-0.39, 0.29) is 6.42 Å². The number of hydrogen-bond acceptors (Lipinski definition) is 15.